The number of nitrogen functional groups attached to an aromatic ring is 1. The number of nitrogens with zero attached hydrogens (tertiary/aromatic N) is 1. The molecule has 29 heavy (non-hydrogen) atoms. The van der Waals surface area contributed by atoms with E-state index in [9.17, 15) is 43.9 Å². The van der Waals surface area contributed by atoms with Crippen LogP contribution in [0.4, 0.5) is 49.7 Å². The minimum atomic E-state index is -2.54. The fourth-order valence-electron chi connectivity index (χ4n) is 2.52. The van der Waals surface area contributed by atoms with Crippen molar-refractivity contribution in [2.45, 2.75) is 0 Å². The van der Waals surface area contributed by atoms with Crippen LogP contribution < -0.4 is 5.73 Å². The zero-order chi connectivity index (χ0) is 21.8. The van der Waals surface area contributed by atoms with Gasteiger partial charge in [0.15, 0.2) is 46.5 Å². The van der Waals surface area contributed by atoms with Crippen LogP contribution in [0.15, 0.2) is 12.1 Å². The highest BCUT2D eigenvalue weighted by Crippen LogP contribution is 2.40. The van der Waals surface area contributed by atoms with Gasteiger partial charge >= 0.3 is 0 Å². The fraction of sp³-hybridized carbons (Fsp3) is 0. The van der Waals surface area contributed by atoms with Gasteiger partial charge in [-0.25, -0.2) is 48.9 Å². The number of nitrogens with two attached hydrogens (primary N) is 1. The zero-order valence-electron chi connectivity index (χ0n) is 13.5. The summed E-state index contributed by atoms with van der Waals surface area (Å²) in [7, 11) is 0. The molecule has 1 heterocycles. The lowest BCUT2D eigenvalue weighted by atomic mass is 9.96. The second-order valence-electron chi connectivity index (χ2n) is 5.52. The van der Waals surface area contributed by atoms with E-state index in [0.29, 0.717) is 6.07 Å². The molecule has 0 saturated heterocycles. The minimum absolute atomic E-state index is 0.550. The number of anilines is 1. The second kappa shape index (κ2) is 6.94. The normalized spacial score (nSPS) is 11.2. The molecule has 2 aromatic carbocycles. The number of hydrogen-bond donors (Lipinski definition) is 1. The van der Waals surface area contributed by atoms with Gasteiger partial charge in [0, 0.05) is 5.56 Å². The number of aromatic nitrogens is 1. The van der Waals surface area contributed by atoms with Crippen LogP contribution in [-0.2, 0) is 0 Å². The Balaban J connectivity index is 2.50. The molecular formula is C17H4F10N2. The molecule has 12 heteroatoms. The summed E-state index contributed by atoms with van der Waals surface area (Å²) in [5, 5.41) is 0. The number of hydrogen-bond acceptors (Lipinski definition) is 2. The highest BCUT2D eigenvalue weighted by Gasteiger charge is 2.33. The van der Waals surface area contributed by atoms with Crippen molar-refractivity contribution in [1.29, 1.82) is 0 Å². The Labute approximate surface area is 154 Å². The molecule has 0 unspecified atom stereocenters. The van der Waals surface area contributed by atoms with E-state index in [1.54, 1.807) is 0 Å². The van der Waals surface area contributed by atoms with Gasteiger partial charge in [0.2, 0.25) is 11.6 Å². The van der Waals surface area contributed by atoms with Crippen molar-refractivity contribution in [3.8, 4) is 22.4 Å². The first-order valence-electron chi connectivity index (χ1n) is 7.29. The van der Waals surface area contributed by atoms with E-state index in [1.165, 1.54) is 0 Å². The highest BCUT2D eigenvalue weighted by atomic mass is 19.2. The molecule has 0 saturated carbocycles. The first kappa shape index (κ1) is 20.4. The molecule has 0 bridgehead atoms. The van der Waals surface area contributed by atoms with Gasteiger partial charge in [-0.1, -0.05) is 0 Å². The van der Waals surface area contributed by atoms with E-state index in [-0.39, 0.29) is 0 Å². The Morgan fingerprint density at radius 1 is 0.483 bits per heavy atom. The van der Waals surface area contributed by atoms with Crippen LogP contribution in [0, 0.1) is 58.2 Å². The van der Waals surface area contributed by atoms with Crippen molar-refractivity contribution in [3.05, 3.63) is 70.3 Å². The Bertz CT molecular complexity index is 1120. The molecule has 0 radical (unpaired) electrons. The molecule has 1 aromatic heterocycles. The van der Waals surface area contributed by atoms with E-state index in [1.807, 2.05) is 0 Å². The van der Waals surface area contributed by atoms with E-state index >= 15 is 0 Å². The van der Waals surface area contributed by atoms with Gasteiger partial charge < -0.3 is 5.73 Å². The van der Waals surface area contributed by atoms with E-state index in [4.69, 9.17) is 5.73 Å². The average molecular weight is 426 g/mol. The van der Waals surface area contributed by atoms with Crippen LogP contribution in [0.1, 0.15) is 0 Å². The molecule has 3 aromatic rings. The van der Waals surface area contributed by atoms with Crippen LogP contribution in [-0.4, -0.2) is 4.98 Å². The Morgan fingerprint density at radius 2 is 0.828 bits per heavy atom. The molecule has 0 aliphatic carbocycles. The Kier molecular flexibility index (Phi) is 4.89. The van der Waals surface area contributed by atoms with Gasteiger partial charge in [-0.15, -0.1) is 0 Å². The van der Waals surface area contributed by atoms with Crippen LogP contribution in [0.25, 0.3) is 22.4 Å². The number of benzene rings is 2. The third-order valence-corrected chi connectivity index (χ3v) is 3.84. The second-order valence-corrected chi connectivity index (χ2v) is 5.52. The largest absolute Gasteiger partial charge is 0.384 e. The van der Waals surface area contributed by atoms with Crippen LogP contribution >= 0.6 is 0 Å². The number of rotatable bonds is 2. The van der Waals surface area contributed by atoms with Crippen molar-refractivity contribution >= 4 is 5.82 Å². The van der Waals surface area contributed by atoms with Gasteiger partial charge in [0.1, 0.15) is 5.82 Å². The SMILES string of the molecule is Nc1ccc(-c2c(F)c(F)c(F)c(F)c2F)c(-c2c(F)c(F)c(F)c(F)c2F)n1. The van der Waals surface area contributed by atoms with Gasteiger partial charge in [0.25, 0.3) is 0 Å². The van der Waals surface area contributed by atoms with Crippen molar-refractivity contribution in [2.24, 2.45) is 0 Å². The summed E-state index contributed by atoms with van der Waals surface area (Å²) >= 11 is 0. The van der Waals surface area contributed by atoms with Crippen molar-refractivity contribution in [1.82, 2.24) is 4.98 Å². The quantitative estimate of drug-likeness (QED) is 0.339. The molecular weight excluding hydrogens is 422 g/mol. The van der Waals surface area contributed by atoms with Crippen molar-refractivity contribution in [3.63, 3.8) is 0 Å². The first-order valence-corrected chi connectivity index (χ1v) is 7.29. The monoisotopic (exact) mass is 426 g/mol. The standard InChI is InChI=1S/C17H4F10N2/c18-7-5(8(19)12(23)15(26)11(7)22)3-1-2-4(28)29-17(3)6-9(20)13(24)16(27)14(25)10(6)21/h1-2H,(H2,28,29). The maximum atomic E-state index is 14.1. The summed E-state index contributed by atoms with van der Waals surface area (Å²) in [5.74, 6) is -25.1. The Hall–Kier alpha value is -3.31. The summed E-state index contributed by atoms with van der Waals surface area (Å²) in [5.41, 5.74) is -0.666. The Morgan fingerprint density at radius 3 is 1.24 bits per heavy atom. The van der Waals surface area contributed by atoms with Crippen LogP contribution in [0.2, 0.25) is 0 Å². The molecule has 0 atom stereocenters. The molecule has 0 spiro atoms. The van der Waals surface area contributed by atoms with Crippen LogP contribution in [0.5, 0.6) is 0 Å². The molecule has 152 valence electrons. The minimum Gasteiger partial charge on any atom is -0.384 e. The summed E-state index contributed by atoms with van der Waals surface area (Å²) < 4.78 is 137. The van der Waals surface area contributed by atoms with Gasteiger partial charge in [-0.3, -0.25) is 0 Å². The third kappa shape index (κ3) is 2.95. The predicted molar refractivity (Wildman–Crippen MR) is 79.1 cm³/mol. The molecule has 2 N–H and O–H groups in total. The average Bonchev–Trinajstić information content (AvgIpc) is 2.69. The maximum Gasteiger partial charge on any atom is 0.200 e. The van der Waals surface area contributed by atoms with Crippen LogP contribution in [0.3, 0.4) is 0 Å². The van der Waals surface area contributed by atoms with Crippen molar-refractivity contribution < 1.29 is 43.9 Å². The van der Waals surface area contributed by atoms with Crippen molar-refractivity contribution in [2.75, 3.05) is 5.73 Å². The maximum absolute atomic E-state index is 14.1. The van der Waals surface area contributed by atoms with E-state index < -0.39 is 86.4 Å². The highest BCUT2D eigenvalue weighted by molar-refractivity contribution is 5.83. The number of pyridine rings is 1. The molecule has 0 aliphatic rings. The first-order chi connectivity index (χ1) is 13.5. The summed E-state index contributed by atoms with van der Waals surface area (Å²) in [6, 6.07) is 1.30. The van der Waals surface area contributed by atoms with Gasteiger partial charge in [-0.2, -0.15) is 0 Å². The molecule has 2 nitrogen and oxygen atoms in total. The lowest BCUT2D eigenvalue weighted by Gasteiger charge is -2.15. The topological polar surface area (TPSA) is 38.9 Å². The summed E-state index contributed by atoms with van der Waals surface area (Å²) in [6.45, 7) is 0. The molecule has 3 rings (SSSR count). The molecule has 0 aliphatic heterocycles. The molecule has 0 amide bonds. The smallest absolute Gasteiger partial charge is 0.200 e. The summed E-state index contributed by atoms with van der Waals surface area (Å²) in [6.07, 6.45) is 0. The number of halogens is 10. The van der Waals surface area contributed by atoms with E-state index in [2.05, 4.69) is 4.98 Å². The third-order valence-electron chi connectivity index (χ3n) is 3.84. The van der Waals surface area contributed by atoms with E-state index in [0.717, 1.165) is 6.07 Å². The predicted octanol–water partition coefficient (Wildman–Crippen LogP) is 5.39. The lowest BCUT2D eigenvalue weighted by Crippen LogP contribution is -2.09. The fourth-order valence-corrected chi connectivity index (χ4v) is 2.52. The zero-order valence-corrected chi connectivity index (χ0v) is 13.5. The molecule has 0 fully saturated rings. The van der Waals surface area contributed by atoms with Gasteiger partial charge in [-0.05, 0) is 12.1 Å². The summed E-state index contributed by atoms with van der Waals surface area (Å²) in [4.78, 5) is 3.29. The van der Waals surface area contributed by atoms with Gasteiger partial charge in [0.05, 0.1) is 16.8 Å². The lowest BCUT2D eigenvalue weighted by molar-refractivity contribution is 0.380.